The molecule has 1 aromatic carbocycles. The standard InChI is InChI=1S/C6H2F4O2.2Na.2H/c7-1-2(8)6(12)4(10)3(9)5(1)11;;;;/h11-12H;;;;/q;2*+1;2*-1. The molecule has 0 aliphatic carbocycles. The molecule has 0 aliphatic heterocycles. The molecule has 8 heteroatoms. The Morgan fingerprint density at radius 2 is 0.786 bits per heavy atom. The Morgan fingerprint density at radius 3 is 0.929 bits per heavy atom. The molecule has 1 aromatic rings. The Bertz CT molecular complexity index is 249. The Hall–Kier alpha value is 0.540. The van der Waals surface area contributed by atoms with Crippen LogP contribution in [0.15, 0.2) is 0 Å². The molecule has 0 aliphatic rings. The van der Waals surface area contributed by atoms with Gasteiger partial charge in [-0.25, -0.2) is 0 Å². The van der Waals surface area contributed by atoms with Crippen LogP contribution in [-0.2, 0) is 0 Å². The van der Waals surface area contributed by atoms with Gasteiger partial charge < -0.3 is 13.1 Å². The van der Waals surface area contributed by atoms with Crippen molar-refractivity contribution in [2.75, 3.05) is 0 Å². The van der Waals surface area contributed by atoms with Crippen LogP contribution in [0.5, 0.6) is 11.5 Å². The molecule has 0 radical (unpaired) electrons. The van der Waals surface area contributed by atoms with Crippen molar-refractivity contribution in [1.82, 2.24) is 0 Å². The average Bonchev–Trinajstić information content (AvgIpc) is 2.08. The van der Waals surface area contributed by atoms with Crippen molar-refractivity contribution in [3.05, 3.63) is 23.3 Å². The Balaban J connectivity index is -0.000000180. The first-order valence-electron chi connectivity index (χ1n) is 2.70. The van der Waals surface area contributed by atoms with Gasteiger partial charge in [0.05, 0.1) is 0 Å². The quantitative estimate of drug-likeness (QED) is 0.206. The molecule has 0 unspecified atom stereocenters. The van der Waals surface area contributed by atoms with E-state index >= 15 is 0 Å². The van der Waals surface area contributed by atoms with Gasteiger partial charge in [0.15, 0.2) is 11.5 Å². The molecular weight excluding hydrogens is 226 g/mol. The van der Waals surface area contributed by atoms with Crippen LogP contribution in [-0.4, -0.2) is 10.2 Å². The monoisotopic (exact) mass is 230 g/mol. The molecule has 0 bridgehead atoms. The molecule has 0 saturated carbocycles. The van der Waals surface area contributed by atoms with Crippen molar-refractivity contribution >= 4 is 0 Å². The maximum absolute atomic E-state index is 12.2. The fourth-order valence-corrected chi connectivity index (χ4v) is 0.609. The molecule has 0 fully saturated rings. The van der Waals surface area contributed by atoms with E-state index in [9.17, 15) is 17.6 Å². The summed E-state index contributed by atoms with van der Waals surface area (Å²) in [6.45, 7) is 0. The summed E-state index contributed by atoms with van der Waals surface area (Å²) >= 11 is 0. The van der Waals surface area contributed by atoms with Crippen LogP contribution in [0, 0.1) is 23.3 Å². The summed E-state index contributed by atoms with van der Waals surface area (Å²) in [4.78, 5) is 0. The molecule has 0 aromatic heterocycles. The van der Waals surface area contributed by atoms with Crippen LogP contribution in [0.3, 0.4) is 0 Å². The second-order valence-electron chi connectivity index (χ2n) is 1.95. The average molecular weight is 230 g/mol. The number of hydrogen-bond donors (Lipinski definition) is 2. The zero-order chi connectivity index (χ0) is 9.46. The van der Waals surface area contributed by atoms with E-state index in [2.05, 4.69) is 0 Å². The second-order valence-corrected chi connectivity index (χ2v) is 1.95. The van der Waals surface area contributed by atoms with Crippen LogP contribution >= 0.6 is 0 Å². The number of phenols is 2. The van der Waals surface area contributed by atoms with E-state index in [-0.39, 0.29) is 62.0 Å². The summed E-state index contributed by atoms with van der Waals surface area (Å²) in [6, 6.07) is 0. The van der Waals surface area contributed by atoms with Crippen molar-refractivity contribution in [2.45, 2.75) is 0 Å². The zero-order valence-corrected chi connectivity index (χ0v) is 11.4. The molecule has 70 valence electrons. The molecular formula is C6H4F4Na2O2. The molecule has 0 amide bonds. The van der Waals surface area contributed by atoms with E-state index < -0.39 is 34.8 Å². The van der Waals surface area contributed by atoms with Gasteiger partial charge in [-0.15, -0.1) is 0 Å². The molecule has 2 N–H and O–H groups in total. The summed E-state index contributed by atoms with van der Waals surface area (Å²) in [6.07, 6.45) is 0. The third kappa shape index (κ3) is 2.77. The molecule has 2 nitrogen and oxygen atoms in total. The summed E-state index contributed by atoms with van der Waals surface area (Å²) in [5.74, 6) is -11.7. The van der Waals surface area contributed by atoms with E-state index in [1.807, 2.05) is 0 Å². The first-order valence-corrected chi connectivity index (χ1v) is 2.70. The zero-order valence-electron chi connectivity index (χ0n) is 9.41. The fraction of sp³-hybridized carbons (Fsp3) is 0. The van der Waals surface area contributed by atoms with E-state index in [4.69, 9.17) is 10.2 Å². The van der Waals surface area contributed by atoms with Crippen molar-refractivity contribution in [2.24, 2.45) is 0 Å². The summed E-state index contributed by atoms with van der Waals surface area (Å²) in [7, 11) is 0. The molecule has 0 spiro atoms. The minimum atomic E-state index is -2.02. The number of hydrogen-bond acceptors (Lipinski definition) is 2. The molecule has 1 rings (SSSR count). The number of benzene rings is 1. The molecule has 0 atom stereocenters. The topological polar surface area (TPSA) is 40.5 Å². The van der Waals surface area contributed by atoms with Crippen LogP contribution < -0.4 is 59.1 Å². The third-order valence-corrected chi connectivity index (χ3v) is 1.22. The maximum atomic E-state index is 12.2. The predicted molar refractivity (Wildman–Crippen MR) is 31.8 cm³/mol. The van der Waals surface area contributed by atoms with E-state index in [0.717, 1.165) is 0 Å². The van der Waals surface area contributed by atoms with Crippen LogP contribution in [0.4, 0.5) is 17.6 Å². The van der Waals surface area contributed by atoms with Gasteiger partial charge in [-0.2, -0.15) is 17.6 Å². The van der Waals surface area contributed by atoms with Gasteiger partial charge in [-0.05, 0) is 0 Å². The minimum absolute atomic E-state index is 0. The Kier molecular flexibility index (Phi) is 7.50. The van der Waals surface area contributed by atoms with Gasteiger partial charge in [-0.1, -0.05) is 0 Å². The first kappa shape index (κ1) is 17.0. The first-order chi connectivity index (χ1) is 5.46. The van der Waals surface area contributed by atoms with Gasteiger partial charge in [0.2, 0.25) is 23.3 Å². The predicted octanol–water partition coefficient (Wildman–Crippen LogP) is -4.11. The van der Waals surface area contributed by atoms with E-state index in [1.54, 1.807) is 0 Å². The van der Waals surface area contributed by atoms with Crippen molar-refractivity contribution in [3.8, 4) is 11.5 Å². The fourth-order valence-electron chi connectivity index (χ4n) is 0.609. The number of phenolic OH excluding ortho intramolecular Hbond substituents is 2. The summed E-state index contributed by atoms with van der Waals surface area (Å²) in [5, 5.41) is 16.7. The number of rotatable bonds is 0. The Labute approximate surface area is 123 Å². The smallest absolute Gasteiger partial charge is 1.00 e. The van der Waals surface area contributed by atoms with Crippen LogP contribution in [0.1, 0.15) is 2.85 Å². The normalized spacial score (nSPS) is 8.86. The van der Waals surface area contributed by atoms with Gasteiger partial charge in [0.25, 0.3) is 0 Å². The molecule has 0 heterocycles. The van der Waals surface area contributed by atoms with Crippen LogP contribution in [0.2, 0.25) is 0 Å². The van der Waals surface area contributed by atoms with Gasteiger partial charge in [0, 0.05) is 0 Å². The van der Waals surface area contributed by atoms with Crippen molar-refractivity contribution in [3.63, 3.8) is 0 Å². The van der Waals surface area contributed by atoms with Gasteiger partial charge in [-0.3, -0.25) is 0 Å². The minimum Gasteiger partial charge on any atom is -1.00 e. The van der Waals surface area contributed by atoms with Crippen LogP contribution in [0.25, 0.3) is 0 Å². The second kappa shape index (κ2) is 6.19. The van der Waals surface area contributed by atoms with Crippen molar-refractivity contribution < 1.29 is 89.7 Å². The summed E-state index contributed by atoms with van der Waals surface area (Å²) in [5.41, 5.74) is 0. The number of halogens is 4. The Morgan fingerprint density at radius 1 is 0.643 bits per heavy atom. The third-order valence-electron chi connectivity index (χ3n) is 1.22. The SMILES string of the molecule is Oc1c(F)c(F)c(O)c(F)c1F.[H-].[H-].[Na+].[Na+]. The van der Waals surface area contributed by atoms with Gasteiger partial charge in [0.1, 0.15) is 0 Å². The molecule has 0 saturated heterocycles. The maximum Gasteiger partial charge on any atom is 1.00 e. The van der Waals surface area contributed by atoms with Gasteiger partial charge >= 0.3 is 59.1 Å². The molecule has 14 heavy (non-hydrogen) atoms. The summed E-state index contributed by atoms with van der Waals surface area (Å²) < 4.78 is 49.0. The van der Waals surface area contributed by atoms with E-state index in [0.29, 0.717) is 0 Å². The number of aromatic hydroxyl groups is 2. The largest absolute Gasteiger partial charge is 1.00 e. The van der Waals surface area contributed by atoms with E-state index in [1.165, 1.54) is 0 Å². The van der Waals surface area contributed by atoms with Crippen molar-refractivity contribution in [1.29, 1.82) is 0 Å².